The fourth-order valence-electron chi connectivity index (χ4n) is 2.89. The Bertz CT molecular complexity index is 1330. The normalized spacial score (nSPS) is 11.7. The van der Waals surface area contributed by atoms with E-state index in [0.717, 1.165) is 17.6 Å². The molecule has 0 radical (unpaired) electrons. The number of methoxy groups -OCH3 is 1. The number of imidazole rings is 1. The minimum atomic E-state index is -3.67. The molecule has 0 aliphatic heterocycles. The summed E-state index contributed by atoms with van der Waals surface area (Å²) in [5.41, 5.74) is 1.54. The van der Waals surface area contributed by atoms with Crippen LogP contribution in [0.25, 0.3) is 17.3 Å². The molecule has 0 saturated heterocycles. The van der Waals surface area contributed by atoms with Crippen LogP contribution in [0.15, 0.2) is 41.3 Å². The van der Waals surface area contributed by atoms with Crippen molar-refractivity contribution < 1.29 is 17.3 Å². The number of aryl methyl sites for hydroxylation is 1. The molecule has 0 N–H and O–H groups in total. The average molecular weight is 493 g/mol. The molecule has 156 valence electrons. The van der Waals surface area contributed by atoms with Gasteiger partial charge in [-0.2, -0.15) is 13.5 Å². The van der Waals surface area contributed by atoms with Crippen LogP contribution in [-0.2, 0) is 16.7 Å². The molecule has 0 spiro atoms. The maximum atomic E-state index is 11.4. The van der Waals surface area contributed by atoms with Crippen molar-refractivity contribution in [2.75, 3.05) is 13.4 Å². The summed E-state index contributed by atoms with van der Waals surface area (Å²) in [6, 6.07) is 7.67. The molecular formula is C18H17BrN6O4S. The van der Waals surface area contributed by atoms with Crippen LogP contribution >= 0.6 is 15.9 Å². The molecule has 4 aromatic rings. The predicted molar refractivity (Wildman–Crippen MR) is 112 cm³/mol. The summed E-state index contributed by atoms with van der Waals surface area (Å²) in [7, 11) is -2.05. The maximum Gasteiger partial charge on any atom is 0.306 e. The first-order chi connectivity index (χ1) is 14.2. The van der Waals surface area contributed by atoms with Gasteiger partial charge in [0.2, 0.25) is 5.78 Å². The van der Waals surface area contributed by atoms with E-state index in [1.54, 1.807) is 23.1 Å². The van der Waals surface area contributed by atoms with E-state index in [1.807, 2.05) is 24.3 Å². The summed E-state index contributed by atoms with van der Waals surface area (Å²) in [4.78, 5) is 13.2. The minimum absolute atomic E-state index is 0.0746. The SMILES string of the molecule is COc1ccc(Cn2nc(C)nc2-c2nc3ncc(OS(C)(=O)=O)cn3c2Br)cc1. The van der Waals surface area contributed by atoms with E-state index in [2.05, 4.69) is 36.0 Å². The second-order valence-corrected chi connectivity index (χ2v) is 8.81. The van der Waals surface area contributed by atoms with Crippen molar-refractivity contribution in [1.82, 2.24) is 29.1 Å². The van der Waals surface area contributed by atoms with Crippen molar-refractivity contribution in [3.8, 4) is 23.0 Å². The average Bonchev–Trinajstić information content (AvgIpc) is 3.20. The zero-order valence-electron chi connectivity index (χ0n) is 16.3. The van der Waals surface area contributed by atoms with Crippen LogP contribution in [0.1, 0.15) is 11.4 Å². The summed E-state index contributed by atoms with van der Waals surface area (Å²) < 4.78 is 36.8. The second-order valence-electron chi connectivity index (χ2n) is 6.49. The van der Waals surface area contributed by atoms with Gasteiger partial charge in [0, 0.05) is 0 Å². The number of aromatic nitrogens is 6. The number of nitrogens with zero attached hydrogens (tertiary/aromatic N) is 6. The number of fused-ring (bicyclic) bond motifs is 1. The minimum Gasteiger partial charge on any atom is -0.497 e. The smallest absolute Gasteiger partial charge is 0.306 e. The number of ether oxygens (including phenoxy) is 1. The Morgan fingerprint density at radius 2 is 1.87 bits per heavy atom. The van der Waals surface area contributed by atoms with Crippen LogP contribution in [0.3, 0.4) is 0 Å². The highest BCUT2D eigenvalue weighted by Gasteiger charge is 2.20. The molecular weight excluding hydrogens is 476 g/mol. The fourth-order valence-corrected chi connectivity index (χ4v) is 3.86. The van der Waals surface area contributed by atoms with E-state index in [4.69, 9.17) is 8.92 Å². The Morgan fingerprint density at radius 1 is 1.13 bits per heavy atom. The summed E-state index contributed by atoms with van der Waals surface area (Å²) in [5, 5.41) is 4.48. The van der Waals surface area contributed by atoms with Gasteiger partial charge in [0.1, 0.15) is 21.9 Å². The number of halogens is 1. The first-order valence-corrected chi connectivity index (χ1v) is 11.3. The van der Waals surface area contributed by atoms with Crippen LogP contribution in [0.4, 0.5) is 0 Å². The topological polar surface area (TPSA) is 114 Å². The molecule has 1 aromatic carbocycles. The van der Waals surface area contributed by atoms with Gasteiger partial charge in [-0.1, -0.05) is 12.1 Å². The van der Waals surface area contributed by atoms with E-state index in [0.29, 0.717) is 34.3 Å². The second kappa shape index (κ2) is 7.69. The van der Waals surface area contributed by atoms with Gasteiger partial charge >= 0.3 is 10.1 Å². The third-order valence-corrected chi connectivity index (χ3v) is 5.38. The number of benzene rings is 1. The summed E-state index contributed by atoms with van der Waals surface area (Å²) in [5.74, 6) is 2.35. The van der Waals surface area contributed by atoms with Crippen LogP contribution in [-0.4, -0.2) is 50.9 Å². The highest BCUT2D eigenvalue weighted by Crippen LogP contribution is 2.29. The molecule has 0 unspecified atom stereocenters. The monoisotopic (exact) mass is 492 g/mol. The quantitative estimate of drug-likeness (QED) is 0.377. The number of rotatable bonds is 6. The molecule has 3 heterocycles. The lowest BCUT2D eigenvalue weighted by Crippen LogP contribution is -2.06. The van der Waals surface area contributed by atoms with E-state index >= 15 is 0 Å². The number of hydrogen-bond donors (Lipinski definition) is 0. The van der Waals surface area contributed by atoms with Crippen LogP contribution in [0, 0.1) is 6.92 Å². The first-order valence-electron chi connectivity index (χ1n) is 8.71. The molecule has 0 aliphatic carbocycles. The zero-order valence-corrected chi connectivity index (χ0v) is 18.7. The third kappa shape index (κ3) is 4.14. The van der Waals surface area contributed by atoms with Crippen LogP contribution < -0.4 is 8.92 Å². The van der Waals surface area contributed by atoms with E-state index < -0.39 is 10.1 Å². The Hall–Kier alpha value is -2.99. The van der Waals surface area contributed by atoms with E-state index in [1.165, 1.54) is 12.4 Å². The van der Waals surface area contributed by atoms with Gasteiger partial charge in [-0.05, 0) is 40.5 Å². The van der Waals surface area contributed by atoms with Gasteiger partial charge in [-0.25, -0.2) is 19.6 Å². The summed E-state index contributed by atoms with van der Waals surface area (Å²) >= 11 is 3.51. The van der Waals surface area contributed by atoms with Gasteiger partial charge in [0.05, 0.1) is 32.3 Å². The Labute approximate surface area is 180 Å². The van der Waals surface area contributed by atoms with Gasteiger partial charge in [-0.15, -0.1) is 0 Å². The Morgan fingerprint density at radius 3 is 2.53 bits per heavy atom. The van der Waals surface area contributed by atoms with Crippen LogP contribution in [0.2, 0.25) is 0 Å². The molecule has 3 aromatic heterocycles. The van der Waals surface area contributed by atoms with Crippen LogP contribution in [0.5, 0.6) is 11.5 Å². The molecule has 0 amide bonds. The summed E-state index contributed by atoms with van der Waals surface area (Å²) in [6.07, 6.45) is 3.75. The molecule has 30 heavy (non-hydrogen) atoms. The van der Waals surface area contributed by atoms with Gasteiger partial charge in [-0.3, -0.25) is 4.40 Å². The molecule has 4 rings (SSSR count). The van der Waals surface area contributed by atoms with Crippen molar-refractivity contribution in [2.24, 2.45) is 0 Å². The van der Waals surface area contributed by atoms with Gasteiger partial charge < -0.3 is 8.92 Å². The molecule has 0 bridgehead atoms. The van der Waals surface area contributed by atoms with E-state index in [-0.39, 0.29) is 5.75 Å². The molecule has 0 atom stereocenters. The maximum absolute atomic E-state index is 11.4. The zero-order chi connectivity index (χ0) is 21.5. The lowest BCUT2D eigenvalue weighted by atomic mass is 10.2. The molecule has 12 heteroatoms. The predicted octanol–water partition coefficient (Wildman–Crippen LogP) is 2.45. The van der Waals surface area contributed by atoms with E-state index in [9.17, 15) is 8.42 Å². The largest absolute Gasteiger partial charge is 0.497 e. The molecule has 0 fully saturated rings. The molecule has 10 nitrogen and oxygen atoms in total. The highest BCUT2D eigenvalue weighted by atomic mass is 79.9. The van der Waals surface area contributed by atoms with Gasteiger partial charge in [0.25, 0.3) is 0 Å². The van der Waals surface area contributed by atoms with Gasteiger partial charge in [0.15, 0.2) is 11.6 Å². The molecule has 0 aliphatic rings. The first kappa shape index (κ1) is 20.3. The fraction of sp³-hybridized carbons (Fsp3) is 0.222. The van der Waals surface area contributed by atoms with Crippen molar-refractivity contribution in [3.05, 3.63) is 52.7 Å². The van der Waals surface area contributed by atoms with Crippen molar-refractivity contribution in [2.45, 2.75) is 13.5 Å². The lowest BCUT2D eigenvalue weighted by Gasteiger charge is -2.06. The standard InChI is InChI=1S/C18H17BrN6O4S/c1-11-21-17(25(23-11)9-12-4-6-13(28-2)7-5-12)15-16(19)24-10-14(29-30(3,26)27)8-20-18(24)22-15/h4-8,10H,9H2,1-3H3. The third-order valence-electron chi connectivity index (χ3n) is 4.13. The lowest BCUT2D eigenvalue weighted by molar-refractivity contribution is 0.414. The summed E-state index contributed by atoms with van der Waals surface area (Å²) in [6.45, 7) is 2.28. The Balaban J connectivity index is 1.74. The van der Waals surface area contributed by atoms with Crippen molar-refractivity contribution in [3.63, 3.8) is 0 Å². The molecule has 0 saturated carbocycles. The van der Waals surface area contributed by atoms with Crippen molar-refractivity contribution >= 4 is 31.8 Å². The Kier molecular flexibility index (Phi) is 5.20. The highest BCUT2D eigenvalue weighted by molar-refractivity contribution is 9.10. The van der Waals surface area contributed by atoms with Crippen molar-refractivity contribution in [1.29, 1.82) is 0 Å². The number of hydrogen-bond acceptors (Lipinski definition) is 8.